The SMILES string of the molecule is C[C@@H](O)c1nc2cnc3ccsc3c2n1C1CCC(CC#N)CC1. The first-order chi connectivity index (χ1) is 11.7. The molecule has 0 aliphatic heterocycles. The number of nitriles is 1. The number of rotatable bonds is 3. The summed E-state index contributed by atoms with van der Waals surface area (Å²) in [6, 6.07) is 4.67. The minimum atomic E-state index is -0.607. The molecule has 5 nitrogen and oxygen atoms in total. The first-order valence-corrected chi connectivity index (χ1v) is 9.36. The fourth-order valence-electron chi connectivity index (χ4n) is 3.90. The highest BCUT2D eigenvalue weighted by Crippen LogP contribution is 2.39. The van der Waals surface area contributed by atoms with E-state index in [0.717, 1.165) is 52.8 Å². The van der Waals surface area contributed by atoms with E-state index in [0.29, 0.717) is 18.4 Å². The van der Waals surface area contributed by atoms with Crippen molar-refractivity contribution in [3.8, 4) is 6.07 Å². The summed E-state index contributed by atoms with van der Waals surface area (Å²) < 4.78 is 3.40. The maximum absolute atomic E-state index is 10.3. The van der Waals surface area contributed by atoms with Gasteiger partial charge >= 0.3 is 0 Å². The van der Waals surface area contributed by atoms with E-state index in [9.17, 15) is 5.11 Å². The van der Waals surface area contributed by atoms with E-state index >= 15 is 0 Å². The highest BCUT2D eigenvalue weighted by Gasteiger charge is 2.28. The molecule has 0 spiro atoms. The standard InChI is InChI=1S/C18H20N4OS/c1-11(23)18-21-15-10-20-14-7-9-24-17(14)16(15)22(18)13-4-2-12(3-5-13)6-8-19/h7,9-13,23H,2-6H2,1H3/t11-,12?,13?/m1/s1. The molecular formula is C18H20N4OS. The van der Waals surface area contributed by atoms with Crippen molar-refractivity contribution in [3.63, 3.8) is 0 Å². The van der Waals surface area contributed by atoms with Crippen LogP contribution < -0.4 is 0 Å². The van der Waals surface area contributed by atoms with Gasteiger partial charge in [-0.2, -0.15) is 5.26 Å². The molecule has 1 N–H and O–H groups in total. The van der Waals surface area contributed by atoms with Gasteiger partial charge in [0.2, 0.25) is 0 Å². The molecule has 0 bridgehead atoms. The molecule has 1 aliphatic carbocycles. The summed E-state index contributed by atoms with van der Waals surface area (Å²) in [6.07, 6.45) is 6.06. The molecule has 4 rings (SSSR count). The number of fused-ring (bicyclic) bond motifs is 3. The van der Waals surface area contributed by atoms with Crippen LogP contribution in [0.3, 0.4) is 0 Å². The Balaban J connectivity index is 1.82. The fourth-order valence-corrected chi connectivity index (χ4v) is 4.79. The molecule has 3 aromatic heterocycles. The van der Waals surface area contributed by atoms with E-state index < -0.39 is 6.10 Å². The molecule has 1 saturated carbocycles. The van der Waals surface area contributed by atoms with Crippen molar-refractivity contribution in [1.29, 1.82) is 5.26 Å². The van der Waals surface area contributed by atoms with Crippen LogP contribution in [0, 0.1) is 17.2 Å². The third kappa shape index (κ3) is 2.48. The van der Waals surface area contributed by atoms with Crippen molar-refractivity contribution >= 4 is 32.6 Å². The zero-order chi connectivity index (χ0) is 16.7. The smallest absolute Gasteiger partial charge is 0.138 e. The summed E-state index contributed by atoms with van der Waals surface area (Å²) in [7, 11) is 0. The number of hydrogen-bond acceptors (Lipinski definition) is 5. The topological polar surface area (TPSA) is 74.7 Å². The maximum atomic E-state index is 10.3. The molecule has 1 aliphatic rings. The van der Waals surface area contributed by atoms with Gasteiger partial charge < -0.3 is 9.67 Å². The Morgan fingerprint density at radius 2 is 2.17 bits per heavy atom. The molecule has 0 unspecified atom stereocenters. The van der Waals surface area contributed by atoms with Crippen LogP contribution in [0.2, 0.25) is 0 Å². The summed E-state index contributed by atoms with van der Waals surface area (Å²) in [5, 5.41) is 21.2. The van der Waals surface area contributed by atoms with E-state index in [4.69, 9.17) is 5.26 Å². The number of aromatic nitrogens is 3. The average molecular weight is 340 g/mol. The molecule has 124 valence electrons. The number of aliphatic hydroxyl groups excluding tert-OH is 1. The number of thiophene rings is 1. The van der Waals surface area contributed by atoms with Gasteiger partial charge in [-0.15, -0.1) is 11.3 Å². The lowest BCUT2D eigenvalue weighted by Crippen LogP contribution is -2.20. The lowest BCUT2D eigenvalue weighted by Gasteiger charge is -2.30. The van der Waals surface area contributed by atoms with Crippen LogP contribution >= 0.6 is 11.3 Å². The van der Waals surface area contributed by atoms with E-state index in [2.05, 4.69) is 26.0 Å². The fraction of sp³-hybridized carbons (Fsp3) is 0.500. The maximum Gasteiger partial charge on any atom is 0.138 e. The summed E-state index contributed by atoms with van der Waals surface area (Å²) in [4.78, 5) is 9.16. The molecule has 3 aromatic rings. The summed E-state index contributed by atoms with van der Waals surface area (Å²) in [6.45, 7) is 1.78. The average Bonchev–Trinajstić information content (AvgIpc) is 3.19. The van der Waals surface area contributed by atoms with E-state index in [1.54, 1.807) is 18.3 Å². The summed E-state index contributed by atoms with van der Waals surface area (Å²) in [5.41, 5.74) is 2.96. The first kappa shape index (κ1) is 15.6. The van der Waals surface area contributed by atoms with Gasteiger partial charge in [0.05, 0.1) is 28.0 Å². The van der Waals surface area contributed by atoms with Crippen LogP contribution in [-0.4, -0.2) is 19.6 Å². The third-order valence-electron chi connectivity index (χ3n) is 5.09. The van der Waals surface area contributed by atoms with Crippen LogP contribution in [0.4, 0.5) is 0 Å². The second-order valence-corrected chi connectivity index (χ2v) is 7.60. The highest BCUT2D eigenvalue weighted by atomic mass is 32.1. The largest absolute Gasteiger partial charge is 0.385 e. The molecule has 24 heavy (non-hydrogen) atoms. The van der Waals surface area contributed by atoms with Gasteiger partial charge in [0.25, 0.3) is 0 Å². The Morgan fingerprint density at radius 1 is 1.38 bits per heavy atom. The van der Waals surface area contributed by atoms with Crippen molar-refractivity contribution in [3.05, 3.63) is 23.5 Å². The summed E-state index contributed by atoms with van der Waals surface area (Å²) in [5.74, 6) is 1.25. The van der Waals surface area contributed by atoms with Gasteiger partial charge in [-0.25, -0.2) is 4.98 Å². The normalized spacial score (nSPS) is 22.7. The van der Waals surface area contributed by atoms with Gasteiger partial charge in [-0.05, 0) is 50.0 Å². The van der Waals surface area contributed by atoms with Crippen LogP contribution in [0.15, 0.2) is 17.6 Å². The predicted molar refractivity (Wildman–Crippen MR) is 94.8 cm³/mol. The van der Waals surface area contributed by atoms with Crippen LogP contribution in [-0.2, 0) is 0 Å². The van der Waals surface area contributed by atoms with E-state index in [1.165, 1.54) is 0 Å². The monoisotopic (exact) mass is 340 g/mol. The van der Waals surface area contributed by atoms with Gasteiger partial charge in [0.1, 0.15) is 17.4 Å². The molecule has 0 amide bonds. The molecule has 1 atom stereocenters. The molecule has 6 heteroatoms. The Bertz CT molecular complexity index is 912. The van der Waals surface area contributed by atoms with Crippen LogP contribution in [0.25, 0.3) is 21.3 Å². The van der Waals surface area contributed by atoms with Gasteiger partial charge in [0.15, 0.2) is 0 Å². The summed E-state index contributed by atoms with van der Waals surface area (Å²) >= 11 is 1.68. The van der Waals surface area contributed by atoms with Crippen molar-refractivity contribution in [2.24, 2.45) is 5.92 Å². The lowest BCUT2D eigenvalue weighted by molar-refractivity contribution is 0.175. The van der Waals surface area contributed by atoms with E-state index in [-0.39, 0.29) is 0 Å². The molecule has 1 fully saturated rings. The highest BCUT2D eigenvalue weighted by molar-refractivity contribution is 7.18. The Morgan fingerprint density at radius 3 is 2.88 bits per heavy atom. The second kappa shape index (κ2) is 6.15. The molecule has 0 saturated heterocycles. The number of nitrogens with zero attached hydrogens (tertiary/aromatic N) is 4. The lowest BCUT2D eigenvalue weighted by atomic mass is 9.84. The Hall–Kier alpha value is -1.97. The zero-order valence-electron chi connectivity index (χ0n) is 13.6. The number of hydrogen-bond donors (Lipinski definition) is 1. The number of imidazole rings is 1. The molecule has 0 radical (unpaired) electrons. The zero-order valence-corrected chi connectivity index (χ0v) is 14.5. The van der Waals surface area contributed by atoms with Gasteiger partial charge in [0, 0.05) is 12.5 Å². The minimum absolute atomic E-state index is 0.335. The van der Waals surface area contributed by atoms with E-state index in [1.807, 2.05) is 12.3 Å². The van der Waals surface area contributed by atoms with Crippen molar-refractivity contribution in [1.82, 2.24) is 14.5 Å². The van der Waals surface area contributed by atoms with Crippen molar-refractivity contribution < 1.29 is 5.11 Å². The number of aliphatic hydroxyl groups is 1. The Kier molecular flexibility index (Phi) is 3.99. The number of pyridine rings is 1. The van der Waals surface area contributed by atoms with Crippen LogP contribution in [0.1, 0.15) is 57.0 Å². The molecule has 0 aromatic carbocycles. The van der Waals surface area contributed by atoms with Crippen LogP contribution in [0.5, 0.6) is 0 Å². The Labute approximate surface area is 144 Å². The second-order valence-electron chi connectivity index (χ2n) is 6.68. The molecular weight excluding hydrogens is 320 g/mol. The first-order valence-electron chi connectivity index (χ1n) is 8.48. The van der Waals surface area contributed by atoms with Crippen molar-refractivity contribution in [2.45, 2.75) is 51.2 Å². The quantitative estimate of drug-likeness (QED) is 0.769. The third-order valence-corrected chi connectivity index (χ3v) is 6.00. The predicted octanol–water partition coefficient (Wildman–Crippen LogP) is 4.34. The van der Waals surface area contributed by atoms with Gasteiger partial charge in [-0.3, -0.25) is 4.98 Å². The minimum Gasteiger partial charge on any atom is -0.385 e. The molecule has 3 heterocycles. The van der Waals surface area contributed by atoms with Crippen molar-refractivity contribution in [2.75, 3.05) is 0 Å². The van der Waals surface area contributed by atoms with Gasteiger partial charge in [-0.1, -0.05) is 0 Å².